The van der Waals surface area contributed by atoms with Gasteiger partial charge >= 0.3 is 0 Å². The van der Waals surface area contributed by atoms with Crippen molar-refractivity contribution in [3.63, 3.8) is 0 Å². The molecule has 2 aromatic rings. The quantitative estimate of drug-likeness (QED) is 0.865. The lowest BCUT2D eigenvalue weighted by molar-refractivity contribution is 0.0933. The van der Waals surface area contributed by atoms with Gasteiger partial charge in [-0.1, -0.05) is 35.9 Å². The fourth-order valence-electron chi connectivity index (χ4n) is 3.21. The van der Waals surface area contributed by atoms with Crippen molar-refractivity contribution in [2.24, 2.45) is 0 Å². The van der Waals surface area contributed by atoms with Crippen LogP contribution in [0.1, 0.15) is 40.4 Å². The first-order valence-electron chi connectivity index (χ1n) is 8.39. The van der Waals surface area contributed by atoms with E-state index in [-0.39, 0.29) is 22.5 Å². The van der Waals surface area contributed by atoms with Gasteiger partial charge in [-0.2, -0.15) is 0 Å². The fraction of sp³-hybridized carbons (Fsp3) is 0.316. The van der Waals surface area contributed by atoms with Crippen LogP contribution in [0.15, 0.2) is 42.5 Å². The fourth-order valence-corrected chi connectivity index (χ4v) is 3.91. The number of hydrogen-bond donors (Lipinski definition) is 1. The van der Waals surface area contributed by atoms with E-state index in [1.165, 1.54) is 18.7 Å². The molecule has 1 amide bonds. The van der Waals surface area contributed by atoms with Crippen LogP contribution in [0, 0.1) is 0 Å². The van der Waals surface area contributed by atoms with Gasteiger partial charge in [0, 0.05) is 7.05 Å². The summed E-state index contributed by atoms with van der Waals surface area (Å²) in [5.74, 6) is -0.305. The maximum Gasteiger partial charge on any atom is 0.253 e. The number of sulfonamides is 1. The molecule has 7 heteroatoms. The Labute approximate surface area is 159 Å². The normalized spacial score (nSPS) is 16.7. The molecule has 138 valence electrons. The van der Waals surface area contributed by atoms with E-state index in [1.54, 1.807) is 12.1 Å². The van der Waals surface area contributed by atoms with Gasteiger partial charge in [-0.15, -0.1) is 0 Å². The second kappa shape index (κ2) is 7.29. The Hall–Kier alpha value is -2.05. The number of benzene rings is 2. The lowest BCUT2D eigenvalue weighted by Gasteiger charge is -2.26. The average molecular weight is 393 g/mol. The zero-order chi connectivity index (χ0) is 18.9. The minimum Gasteiger partial charge on any atom is -0.345 e. The number of aryl methyl sites for hydroxylation is 1. The lowest BCUT2D eigenvalue weighted by atomic mass is 9.87. The van der Waals surface area contributed by atoms with Crippen LogP contribution >= 0.6 is 11.6 Å². The van der Waals surface area contributed by atoms with Crippen molar-refractivity contribution in [2.45, 2.75) is 25.3 Å². The topological polar surface area (TPSA) is 66.5 Å². The van der Waals surface area contributed by atoms with Gasteiger partial charge in [0.15, 0.2) is 0 Å². The maximum absolute atomic E-state index is 12.8. The summed E-state index contributed by atoms with van der Waals surface area (Å²) in [5.41, 5.74) is 3.04. The van der Waals surface area contributed by atoms with Crippen LogP contribution in [0.4, 0.5) is 5.69 Å². The molecule has 0 aliphatic heterocycles. The summed E-state index contributed by atoms with van der Waals surface area (Å²) in [4.78, 5) is 12.8. The molecule has 1 aliphatic carbocycles. The van der Waals surface area contributed by atoms with Gasteiger partial charge in [-0.25, -0.2) is 8.42 Å². The first-order chi connectivity index (χ1) is 12.3. The number of amides is 1. The molecule has 0 saturated heterocycles. The number of anilines is 1. The highest BCUT2D eigenvalue weighted by molar-refractivity contribution is 7.92. The third-order valence-corrected chi connectivity index (χ3v) is 6.27. The maximum atomic E-state index is 12.8. The van der Waals surface area contributed by atoms with Crippen molar-refractivity contribution >= 4 is 33.2 Å². The highest BCUT2D eigenvalue weighted by Crippen LogP contribution is 2.31. The highest BCUT2D eigenvalue weighted by Gasteiger charge is 2.23. The molecule has 0 spiro atoms. The Balaban J connectivity index is 1.87. The van der Waals surface area contributed by atoms with E-state index in [9.17, 15) is 13.2 Å². The smallest absolute Gasteiger partial charge is 0.253 e. The highest BCUT2D eigenvalue weighted by atomic mass is 35.5. The van der Waals surface area contributed by atoms with E-state index in [0.717, 1.165) is 35.4 Å². The van der Waals surface area contributed by atoms with Crippen molar-refractivity contribution in [3.05, 3.63) is 64.2 Å². The van der Waals surface area contributed by atoms with E-state index in [1.807, 2.05) is 18.2 Å². The Morgan fingerprint density at radius 2 is 1.96 bits per heavy atom. The van der Waals surface area contributed by atoms with Gasteiger partial charge in [-0.3, -0.25) is 9.10 Å². The lowest BCUT2D eigenvalue weighted by Crippen LogP contribution is -2.31. The molecule has 0 fully saturated rings. The summed E-state index contributed by atoms with van der Waals surface area (Å²) in [5, 5.41) is 3.33. The number of nitrogens with one attached hydrogen (secondary N) is 1. The number of halogens is 1. The van der Waals surface area contributed by atoms with E-state index >= 15 is 0 Å². The predicted octanol–water partition coefficient (Wildman–Crippen LogP) is 3.54. The van der Waals surface area contributed by atoms with E-state index in [4.69, 9.17) is 11.6 Å². The monoisotopic (exact) mass is 392 g/mol. The molecule has 0 heterocycles. The van der Waals surface area contributed by atoms with Crippen molar-refractivity contribution in [1.82, 2.24) is 5.32 Å². The van der Waals surface area contributed by atoms with Gasteiger partial charge < -0.3 is 5.32 Å². The summed E-state index contributed by atoms with van der Waals surface area (Å²) in [6.45, 7) is 0. The molecule has 0 unspecified atom stereocenters. The Morgan fingerprint density at radius 1 is 1.23 bits per heavy atom. The van der Waals surface area contributed by atoms with Crippen molar-refractivity contribution in [1.29, 1.82) is 0 Å². The van der Waals surface area contributed by atoms with Crippen LogP contribution in [0.25, 0.3) is 0 Å². The number of hydrogen-bond acceptors (Lipinski definition) is 3. The average Bonchev–Trinajstić information content (AvgIpc) is 2.61. The zero-order valence-electron chi connectivity index (χ0n) is 14.7. The largest absolute Gasteiger partial charge is 0.345 e. The molecule has 0 bridgehead atoms. The van der Waals surface area contributed by atoms with Crippen LogP contribution in [0.2, 0.25) is 5.02 Å². The third kappa shape index (κ3) is 3.86. The summed E-state index contributed by atoms with van der Waals surface area (Å²) < 4.78 is 24.6. The minimum atomic E-state index is -3.42. The zero-order valence-corrected chi connectivity index (χ0v) is 16.3. The van der Waals surface area contributed by atoms with Gasteiger partial charge in [0.05, 0.1) is 28.6 Å². The SMILES string of the molecule is CN(c1ccc(Cl)c(C(=O)N[C@@H]2CCCc3ccccc32)c1)S(C)(=O)=O. The Bertz CT molecular complexity index is 944. The standard InChI is InChI=1S/C19H21ClN2O3S/c1-22(26(2,24)25)14-10-11-17(20)16(12-14)19(23)21-18-9-5-7-13-6-3-4-8-15(13)18/h3-4,6,8,10-12,18H,5,7,9H2,1-2H3,(H,21,23)/t18-/m1/s1. The Kier molecular flexibility index (Phi) is 5.25. The van der Waals surface area contributed by atoms with Gasteiger partial charge in [-0.05, 0) is 48.6 Å². The van der Waals surface area contributed by atoms with Crippen molar-refractivity contribution < 1.29 is 13.2 Å². The molecule has 0 saturated carbocycles. The first kappa shape index (κ1) is 18.7. The minimum absolute atomic E-state index is 0.0696. The van der Waals surface area contributed by atoms with Gasteiger partial charge in [0.25, 0.3) is 5.91 Å². The molecule has 1 N–H and O–H groups in total. The van der Waals surface area contributed by atoms with Crippen LogP contribution in [0.5, 0.6) is 0 Å². The van der Waals surface area contributed by atoms with Crippen LogP contribution in [-0.2, 0) is 16.4 Å². The predicted molar refractivity (Wildman–Crippen MR) is 104 cm³/mol. The van der Waals surface area contributed by atoms with Crippen LogP contribution in [0.3, 0.4) is 0 Å². The summed E-state index contributed by atoms with van der Waals surface area (Å²) in [7, 11) is -1.98. The Morgan fingerprint density at radius 3 is 2.69 bits per heavy atom. The molecule has 1 atom stereocenters. The molecule has 2 aromatic carbocycles. The molecule has 26 heavy (non-hydrogen) atoms. The second-order valence-electron chi connectivity index (χ2n) is 6.51. The number of carbonyl (C=O) groups is 1. The summed E-state index contributed by atoms with van der Waals surface area (Å²) in [6, 6.07) is 12.7. The third-order valence-electron chi connectivity index (χ3n) is 4.73. The number of nitrogens with zero attached hydrogens (tertiary/aromatic N) is 1. The number of fused-ring (bicyclic) bond motifs is 1. The molecule has 3 rings (SSSR count). The molecule has 0 radical (unpaired) electrons. The van der Waals surface area contributed by atoms with E-state index in [0.29, 0.717) is 5.69 Å². The number of carbonyl (C=O) groups excluding carboxylic acids is 1. The van der Waals surface area contributed by atoms with Crippen molar-refractivity contribution in [3.8, 4) is 0 Å². The van der Waals surface area contributed by atoms with E-state index < -0.39 is 10.0 Å². The van der Waals surface area contributed by atoms with Crippen molar-refractivity contribution in [2.75, 3.05) is 17.6 Å². The molecular weight excluding hydrogens is 372 g/mol. The summed E-state index contributed by atoms with van der Waals surface area (Å²) in [6.07, 6.45) is 3.99. The number of rotatable bonds is 4. The van der Waals surface area contributed by atoms with Gasteiger partial charge in [0.1, 0.15) is 0 Å². The first-order valence-corrected chi connectivity index (χ1v) is 10.6. The van der Waals surface area contributed by atoms with Gasteiger partial charge in [0.2, 0.25) is 10.0 Å². The molecule has 5 nitrogen and oxygen atoms in total. The second-order valence-corrected chi connectivity index (χ2v) is 8.93. The molecule has 0 aromatic heterocycles. The van der Waals surface area contributed by atoms with Crippen LogP contribution < -0.4 is 9.62 Å². The molecular formula is C19H21ClN2O3S. The van der Waals surface area contributed by atoms with E-state index in [2.05, 4.69) is 11.4 Å². The summed E-state index contributed by atoms with van der Waals surface area (Å²) >= 11 is 6.20. The van der Waals surface area contributed by atoms with Crippen LogP contribution in [-0.4, -0.2) is 27.6 Å². The molecule has 1 aliphatic rings.